The minimum absolute atomic E-state index is 0.128. The molecule has 0 radical (unpaired) electrons. The molecule has 2 atom stereocenters. The molecule has 0 unspecified atom stereocenters. The Morgan fingerprint density at radius 2 is 1.94 bits per heavy atom. The molecule has 1 aliphatic heterocycles. The smallest absolute Gasteiger partial charge is 0.407 e. The van der Waals surface area contributed by atoms with E-state index in [0.29, 0.717) is 0 Å². The third-order valence-corrected chi connectivity index (χ3v) is 5.77. The van der Waals surface area contributed by atoms with Crippen molar-refractivity contribution in [3.63, 3.8) is 0 Å². The average molecular weight is 245 g/mol. The highest BCUT2D eigenvalue weighted by Gasteiger charge is 2.40. The lowest BCUT2D eigenvalue weighted by molar-refractivity contribution is 0.0459. The number of ether oxygens (including phenoxy) is 1. The minimum Gasteiger partial charge on any atom is -0.444 e. The van der Waals surface area contributed by atoms with Gasteiger partial charge in [0.2, 0.25) is 0 Å². The van der Waals surface area contributed by atoms with Crippen LogP contribution in [-0.4, -0.2) is 37.0 Å². The maximum Gasteiger partial charge on any atom is 0.407 e. The van der Waals surface area contributed by atoms with Crippen LogP contribution in [0.1, 0.15) is 20.8 Å². The van der Waals surface area contributed by atoms with Crippen LogP contribution in [0.2, 0.25) is 25.2 Å². The molecule has 0 aromatic carbocycles. The number of aliphatic hydroxyl groups excluding tert-OH is 1. The highest BCUT2D eigenvalue weighted by molar-refractivity contribution is 6.78. The summed E-state index contributed by atoms with van der Waals surface area (Å²) in [4.78, 5) is 11.5. The molecule has 1 heterocycles. The molecule has 1 aliphatic rings. The number of carbonyl (C=O) groups excluding carboxylic acids is 1. The van der Waals surface area contributed by atoms with Crippen molar-refractivity contribution in [2.45, 2.75) is 63.7 Å². The topological polar surface area (TPSA) is 58.6 Å². The van der Waals surface area contributed by atoms with Gasteiger partial charge in [0.05, 0.1) is 20.2 Å². The van der Waals surface area contributed by atoms with Crippen molar-refractivity contribution in [3.8, 4) is 0 Å². The summed E-state index contributed by atoms with van der Waals surface area (Å²) in [7, 11) is -1.31. The summed E-state index contributed by atoms with van der Waals surface area (Å²) in [6, 6.07) is 1.65. The van der Waals surface area contributed by atoms with E-state index in [4.69, 9.17) is 4.74 Å². The largest absolute Gasteiger partial charge is 0.444 e. The molecule has 1 amide bonds. The van der Waals surface area contributed by atoms with Crippen LogP contribution in [0.5, 0.6) is 0 Å². The van der Waals surface area contributed by atoms with E-state index in [0.717, 1.165) is 12.1 Å². The van der Waals surface area contributed by atoms with Crippen molar-refractivity contribution in [1.82, 2.24) is 5.32 Å². The first-order valence-electron chi connectivity index (χ1n) is 5.77. The van der Waals surface area contributed by atoms with Gasteiger partial charge in [-0.15, -0.1) is 0 Å². The molecule has 1 saturated heterocycles. The molecule has 1 fully saturated rings. The number of amides is 1. The van der Waals surface area contributed by atoms with Crippen LogP contribution in [0.4, 0.5) is 4.79 Å². The Morgan fingerprint density at radius 1 is 1.38 bits per heavy atom. The van der Waals surface area contributed by atoms with Crippen molar-refractivity contribution in [3.05, 3.63) is 0 Å². The van der Waals surface area contributed by atoms with Crippen LogP contribution in [0.3, 0.4) is 0 Å². The van der Waals surface area contributed by atoms with Gasteiger partial charge in [-0.05, 0) is 32.9 Å². The standard InChI is InChI=1S/C11H23NO3Si/c1-11(2,3)15-10(14)12-8-6-16(4,5)7-9(8)13/h8-9,13H,6-7H2,1-5H3,(H,12,14)/t8-,9-/m0/s1. The third kappa shape index (κ3) is 4.13. The van der Waals surface area contributed by atoms with Crippen molar-refractivity contribution in [1.29, 1.82) is 0 Å². The van der Waals surface area contributed by atoms with Crippen LogP contribution in [0.25, 0.3) is 0 Å². The molecule has 5 heteroatoms. The van der Waals surface area contributed by atoms with Crippen LogP contribution in [0, 0.1) is 0 Å². The summed E-state index contributed by atoms with van der Waals surface area (Å²) < 4.78 is 5.17. The first-order valence-corrected chi connectivity index (χ1v) is 9.18. The van der Waals surface area contributed by atoms with E-state index < -0.39 is 25.9 Å². The zero-order valence-corrected chi connectivity index (χ0v) is 11.8. The number of carbonyl (C=O) groups is 1. The van der Waals surface area contributed by atoms with Gasteiger partial charge in [-0.25, -0.2) is 4.79 Å². The number of hydrogen-bond acceptors (Lipinski definition) is 3. The Kier molecular flexibility index (Phi) is 3.69. The second kappa shape index (κ2) is 4.37. The van der Waals surface area contributed by atoms with Gasteiger partial charge in [0.15, 0.2) is 0 Å². The molecule has 0 saturated carbocycles. The fraction of sp³-hybridized carbons (Fsp3) is 0.909. The number of alkyl carbamates (subject to hydrolysis) is 1. The fourth-order valence-corrected chi connectivity index (χ4v) is 5.28. The molecule has 0 spiro atoms. The zero-order valence-electron chi connectivity index (χ0n) is 10.8. The van der Waals surface area contributed by atoms with Gasteiger partial charge in [-0.1, -0.05) is 13.1 Å². The van der Waals surface area contributed by atoms with Gasteiger partial charge in [0.1, 0.15) is 5.60 Å². The Balaban J connectivity index is 2.47. The molecule has 94 valence electrons. The molecule has 0 aromatic rings. The molecular weight excluding hydrogens is 222 g/mol. The van der Waals surface area contributed by atoms with Crippen molar-refractivity contribution in [2.75, 3.05) is 0 Å². The number of nitrogens with one attached hydrogen (secondary N) is 1. The molecule has 2 N–H and O–H groups in total. The molecule has 0 bridgehead atoms. The lowest BCUT2D eigenvalue weighted by atomic mass is 10.2. The molecule has 1 rings (SSSR count). The second-order valence-corrected chi connectivity index (χ2v) is 11.5. The Morgan fingerprint density at radius 3 is 2.31 bits per heavy atom. The number of hydrogen-bond donors (Lipinski definition) is 2. The van der Waals surface area contributed by atoms with E-state index in [1.807, 2.05) is 20.8 Å². The Hall–Kier alpha value is -0.553. The molecule has 0 aromatic heterocycles. The van der Waals surface area contributed by atoms with Crippen LogP contribution in [-0.2, 0) is 4.74 Å². The first-order chi connectivity index (χ1) is 7.09. The summed E-state index contributed by atoms with van der Waals surface area (Å²) in [5.41, 5.74) is -0.486. The van der Waals surface area contributed by atoms with Gasteiger partial charge in [0.25, 0.3) is 0 Å². The second-order valence-electron chi connectivity index (χ2n) is 6.39. The molecule has 16 heavy (non-hydrogen) atoms. The summed E-state index contributed by atoms with van der Waals surface area (Å²) in [6.45, 7) is 9.95. The summed E-state index contributed by atoms with van der Waals surface area (Å²) in [5.74, 6) is 0. The van der Waals surface area contributed by atoms with E-state index in [9.17, 15) is 9.90 Å². The van der Waals surface area contributed by atoms with Crippen molar-refractivity contribution < 1.29 is 14.6 Å². The summed E-state index contributed by atoms with van der Waals surface area (Å²) >= 11 is 0. The molecular formula is C11H23NO3Si. The quantitative estimate of drug-likeness (QED) is 0.694. The Bertz CT molecular complexity index is 273. The number of rotatable bonds is 1. The van der Waals surface area contributed by atoms with Gasteiger partial charge in [-0.3, -0.25) is 0 Å². The first kappa shape index (κ1) is 13.5. The summed E-state index contributed by atoms with van der Waals surface area (Å²) in [5, 5.41) is 12.6. The lowest BCUT2D eigenvalue weighted by Crippen LogP contribution is -2.42. The fourth-order valence-electron chi connectivity index (χ4n) is 2.13. The maximum atomic E-state index is 11.5. The van der Waals surface area contributed by atoms with Gasteiger partial charge >= 0.3 is 6.09 Å². The van der Waals surface area contributed by atoms with Crippen LogP contribution in [0.15, 0.2) is 0 Å². The maximum absolute atomic E-state index is 11.5. The van der Waals surface area contributed by atoms with Crippen LogP contribution >= 0.6 is 0 Å². The van der Waals surface area contributed by atoms with E-state index in [1.54, 1.807) is 0 Å². The molecule has 4 nitrogen and oxygen atoms in total. The molecule has 0 aliphatic carbocycles. The zero-order chi connectivity index (χ0) is 12.6. The highest BCUT2D eigenvalue weighted by Crippen LogP contribution is 2.30. The minimum atomic E-state index is -1.31. The van der Waals surface area contributed by atoms with Gasteiger partial charge < -0.3 is 15.2 Å². The Labute approximate surface area is 98.4 Å². The van der Waals surface area contributed by atoms with E-state index in [1.165, 1.54) is 0 Å². The highest BCUT2D eigenvalue weighted by atomic mass is 28.3. The summed E-state index contributed by atoms with van der Waals surface area (Å²) in [6.07, 6.45) is -0.836. The van der Waals surface area contributed by atoms with Crippen molar-refractivity contribution in [2.24, 2.45) is 0 Å². The average Bonchev–Trinajstić information content (AvgIpc) is 2.19. The van der Waals surface area contributed by atoms with E-state index in [2.05, 4.69) is 18.4 Å². The van der Waals surface area contributed by atoms with Crippen molar-refractivity contribution >= 4 is 14.2 Å². The number of aliphatic hydroxyl groups is 1. The van der Waals surface area contributed by atoms with Gasteiger partial charge in [0, 0.05) is 0 Å². The monoisotopic (exact) mass is 245 g/mol. The SMILES string of the molecule is CC(C)(C)OC(=O)N[C@H]1C[Si](C)(C)C[C@@H]1O. The predicted molar refractivity (Wildman–Crippen MR) is 66.3 cm³/mol. The van der Waals surface area contributed by atoms with E-state index >= 15 is 0 Å². The predicted octanol–water partition coefficient (Wildman–Crippen LogP) is 1.96. The van der Waals surface area contributed by atoms with Crippen LogP contribution < -0.4 is 5.32 Å². The lowest BCUT2D eigenvalue weighted by Gasteiger charge is -2.23. The van der Waals surface area contributed by atoms with E-state index in [-0.39, 0.29) is 6.04 Å². The van der Waals surface area contributed by atoms with Gasteiger partial charge in [-0.2, -0.15) is 0 Å². The normalized spacial score (nSPS) is 28.9. The third-order valence-electron chi connectivity index (χ3n) is 2.70.